The Hall–Kier alpha value is -1.28. The van der Waals surface area contributed by atoms with Crippen molar-refractivity contribution in [3.05, 3.63) is 41.3 Å². The van der Waals surface area contributed by atoms with Crippen LogP contribution in [0.5, 0.6) is 0 Å². The Labute approximate surface area is 81.6 Å². The third kappa shape index (κ3) is 1.73. The number of halogens is 1. The molecule has 0 saturated carbocycles. The molecule has 0 unspecified atom stereocenters. The van der Waals surface area contributed by atoms with Gasteiger partial charge >= 0.3 is 0 Å². The van der Waals surface area contributed by atoms with Crippen molar-refractivity contribution in [2.24, 2.45) is 0 Å². The highest BCUT2D eigenvalue weighted by Gasteiger charge is 1.99. The number of hydrogen-bond acceptors (Lipinski definition) is 1. The van der Waals surface area contributed by atoms with Gasteiger partial charge in [-0.05, 0) is 24.6 Å². The van der Waals surface area contributed by atoms with Crippen LogP contribution in [0.25, 0.3) is 11.3 Å². The van der Waals surface area contributed by atoms with E-state index in [1.807, 2.05) is 37.4 Å². The number of hydrogen-bond donors (Lipinski definition) is 1. The van der Waals surface area contributed by atoms with Gasteiger partial charge in [0.15, 0.2) is 0 Å². The maximum Gasteiger partial charge on any atom is 0.103 e. The minimum atomic E-state index is 0.750. The van der Waals surface area contributed by atoms with Gasteiger partial charge in [0.2, 0.25) is 0 Å². The van der Waals surface area contributed by atoms with Gasteiger partial charge < -0.3 is 4.98 Å². The first kappa shape index (κ1) is 8.32. The van der Waals surface area contributed by atoms with Gasteiger partial charge in [-0.1, -0.05) is 23.7 Å². The molecular weight excluding hydrogens is 184 g/mol. The second kappa shape index (κ2) is 3.23. The van der Waals surface area contributed by atoms with E-state index in [0.29, 0.717) is 0 Å². The van der Waals surface area contributed by atoms with E-state index < -0.39 is 0 Å². The fourth-order valence-electron chi connectivity index (χ4n) is 1.20. The molecular formula is C10H9ClN2. The second-order valence-electron chi connectivity index (χ2n) is 2.89. The molecule has 1 N–H and O–H groups in total. The molecule has 2 aromatic rings. The van der Waals surface area contributed by atoms with Crippen molar-refractivity contribution in [2.45, 2.75) is 6.92 Å². The standard InChI is InChI=1S/C10H9ClN2/c1-7-12-6-10(13-7)8-2-4-9(11)5-3-8/h2-6H,1H3,(H,12,13). The molecule has 0 saturated heterocycles. The number of H-pyrrole nitrogens is 1. The molecule has 0 radical (unpaired) electrons. The Kier molecular flexibility index (Phi) is 2.07. The zero-order valence-corrected chi connectivity index (χ0v) is 7.97. The number of nitrogens with zero attached hydrogens (tertiary/aromatic N) is 1. The molecule has 3 heteroatoms. The van der Waals surface area contributed by atoms with E-state index in [1.54, 1.807) is 0 Å². The average molecular weight is 193 g/mol. The maximum absolute atomic E-state index is 5.78. The molecule has 0 aliphatic rings. The Bertz CT molecular complexity index is 403. The summed E-state index contributed by atoms with van der Waals surface area (Å²) in [6.45, 7) is 1.93. The summed E-state index contributed by atoms with van der Waals surface area (Å²) in [5.41, 5.74) is 2.12. The zero-order chi connectivity index (χ0) is 9.26. The van der Waals surface area contributed by atoms with Gasteiger partial charge in [-0.15, -0.1) is 0 Å². The molecule has 0 spiro atoms. The molecule has 0 fully saturated rings. The van der Waals surface area contributed by atoms with Crippen molar-refractivity contribution in [3.8, 4) is 11.3 Å². The van der Waals surface area contributed by atoms with Gasteiger partial charge in [0.05, 0.1) is 11.9 Å². The summed E-state index contributed by atoms with van der Waals surface area (Å²) < 4.78 is 0. The van der Waals surface area contributed by atoms with Crippen molar-refractivity contribution in [3.63, 3.8) is 0 Å². The number of aromatic amines is 1. The fraction of sp³-hybridized carbons (Fsp3) is 0.100. The van der Waals surface area contributed by atoms with Crippen molar-refractivity contribution >= 4 is 11.6 Å². The molecule has 0 aliphatic carbocycles. The monoisotopic (exact) mass is 192 g/mol. The van der Waals surface area contributed by atoms with Crippen LogP contribution in [0, 0.1) is 6.92 Å². The first-order chi connectivity index (χ1) is 6.25. The lowest BCUT2D eigenvalue weighted by Crippen LogP contribution is -1.77. The number of nitrogens with one attached hydrogen (secondary N) is 1. The van der Waals surface area contributed by atoms with Crippen molar-refractivity contribution in [1.82, 2.24) is 9.97 Å². The summed E-state index contributed by atoms with van der Waals surface area (Å²) in [5.74, 6) is 0.921. The maximum atomic E-state index is 5.78. The third-order valence-electron chi connectivity index (χ3n) is 1.86. The first-order valence-corrected chi connectivity index (χ1v) is 4.41. The normalized spacial score (nSPS) is 10.3. The highest BCUT2D eigenvalue weighted by molar-refractivity contribution is 6.30. The summed E-state index contributed by atoms with van der Waals surface area (Å²) in [6, 6.07) is 7.67. The van der Waals surface area contributed by atoms with E-state index in [2.05, 4.69) is 9.97 Å². The second-order valence-corrected chi connectivity index (χ2v) is 3.33. The minimum absolute atomic E-state index is 0.750. The number of aryl methyl sites for hydroxylation is 1. The molecule has 0 atom stereocenters. The lowest BCUT2D eigenvalue weighted by Gasteiger charge is -1.96. The largest absolute Gasteiger partial charge is 0.342 e. The van der Waals surface area contributed by atoms with E-state index in [1.165, 1.54) is 0 Å². The van der Waals surface area contributed by atoms with Crippen molar-refractivity contribution in [1.29, 1.82) is 0 Å². The van der Waals surface area contributed by atoms with Crippen LogP contribution >= 0.6 is 11.6 Å². The summed E-state index contributed by atoms with van der Waals surface area (Å²) in [4.78, 5) is 7.28. The van der Waals surface area contributed by atoms with Crippen LogP contribution in [0.3, 0.4) is 0 Å². The average Bonchev–Trinajstić information content (AvgIpc) is 2.53. The molecule has 2 nitrogen and oxygen atoms in total. The Morgan fingerprint density at radius 1 is 1.23 bits per heavy atom. The molecule has 1 aromatic carbocycles. The molecule has 0 bridgehead atoms. The molecule has 66 valence electrons. The molecule has 2 rings (SSSR count). The third-order valence-corrected chi connectivity index (χ3v) is 2.11. The summed E-state index contributed by atoms with van der Waals surface area (Å²) >= 11 is 5.78. The lowest BCUT2D eigenvalue weighted by atomic mass is 10.2. The number of benzene rings is 1. The Morgan fingerprint density at radius 2 is 1.92 bits per heavy atom. The highest BCUT2D eigenvalue weighted by atomic mass is 35.5. The molecule has 1 aromatic heterocycles. The number of imidazole rings is 1. The quantitative estimate of drug-likeness (QED) is 0.739. The van der Waals surface area contributed by atoms with Gasteiger partial charge in [-0.2, -0.15) is 0 Å². The van der Waals surface area contributed by atoms with E-state index in [0.717, 1.165) is 22.1 Å². The van der Waals surface area contributed by atoms with E-state index >= 15 is 0 Å². The molecule has 13 heavy (non-hydrogen) atoms. The van der Waals surface area contributed by atoms with Crippen LogP contribution in [0.15, 0.2) is 30.5 Å². The van der Waals surface area contributed by atoms with Crippen LogP contribution in [0.2, 0.25) is 5.02 Å². The van der Waals surface area contributed by atoms with Crippen molar-refractivity contribution in [2.75, 3.05) is 0 Å². The minimum Gasteiger partial charge on any atom is -0.342 e. The van der Waals surface area contributed by atoms with E-state index in [4.69, 9.17) is 11.6 Å². The first-order valence-electron chi connectivity index (χ1n) is 4.03. The van der Waals surface area contributed by atoms with Gasteiger partial charge in [0, 0.05) is 5.02 Å². The number of rotatable bonds is 1. The lowest BCUT2D eigenvalue weighted by molar-refractivity contribution is 1.15. The van der Waals surface area contributed by atoms with Crippen LogP contribution in [0.4, 0.5) is 0 Å². The zero-order valence-electron chi connectivity index (χ0n) is 7.21. The topological polar surface area (TPSA) is 28.7 Å². The predicted octanol–water partition coefficient (Wildman–Crippen LogP) is 3.04. The van der Waals surface area contributed by atoms with E-state index in [-0.39, 0.29) is 0 Å². The Morgan fingerprint density at radius 3 is 2.46 bits per heavy atom. The van der Waals surface area contributed by atoms with Crippen molar-refractivity contribution < 1.29 is 0 Å². The summed E-state index contributed by atoms with van der Waals surface area (Å²) in [5, 5.41) is 0.750. The summed E-state index contributed by atoms with van der Waals surface area (Å²) in [6.07, 6.45) is 1.82. The molecule has 1 heterocycles. The van der Waals surface area contributed by atoms with Crippen LogP contribution in [-0.4, -0.2) is 9.97 Å². The number of aromatic nitrogens is 2. The Balaban J connectivity index is 2.41. The molecule has 0 amide bonds. The van der Waals surface area contributed by atoms with Gasteiger partial charge in [-0.25, -0.2) is 4.98 Å². The van der Waals surface area contributed by atoms with Gasteiger partial charge in [0.1, 0.15) is 5.82 Å². The molecule has 0 aliphatic heterocycles. The van der Waals surface area contributed by atoms with Gasteiger partial charge in [0.25, 0.3) is 0 Å². The van der Waals surface area contributed by atoms with E-state index in [9.17, 15) is 0 Å². The van der Waals surface area contributed by atoms with Crippen LogP contribution < -0.4 is 0 Å². The summed E-state index contributed by atoms with van der Waals surface area (Å²) in [7, 11) is 0. The smallest absolute Gasteiger partial charge is 0.103 e. The SMILES string of the molecule is Cc1ncc(-c2ccc(Cl)cc2)[nH]1. The highest BCUT2D eigenvalue weighted by Crippen LogP contribution is 2.19. The van der Waals surface area contributed by atoms with Crippen LogP contribution in [-0.2, 0) is 0 Å². The predicted molar refractivity (Wildman–Crippen MR) is 53.8 cm³/mol. The van der Waals surface area contributed by atoms with Gasteiger partial charge in [-0.3, -0.25) is 0 Å². The van der Waals surface area contributed by atoms with Crippen LogP contribution in [0.1, 0.15) is 5.82 Å². The fourth-order valence-corrected chi connectivity index (χ4v) is 1.32.